The number of ether oxygens (including phenoxy) is 1. The van der Waals surface area contributed by atoms with Crippen molar-refractivity contribution >= 4 is 6.09 Å². The summed E-state index contributed by atoms with van der Waals surface area (Å²) in [4.78, 5) is 13.9. The number of rotatable bonds is 2. The lowest BCUT2D eigenvalue weighted by molar-refractivity contribution is 0.203. The maximum Gasteiger partial charge on any atom is 0.412 e. The largest absolute Gasteiger partial charge is 0.412 e. The lowest BCUT2D eigenvalue weighted by atomic mass is 9.80. The van der Waals surface area contributed by atoms with E-state index in [0.29, 0.717) is 11.8 Å². The Morgan fingerprint density at radius 2 is 2.35 bits per heavy atom. The molecule has 0 radical (unpaired) electrons. The lowest BCUT2D eigenvalue weighted by Crippen LogP contribution is -2.37. The summed E-state index contributed by atoms with van der Waals surface area (Å²) in [6.07, 6.45) is 1.88. The van der Waals surface area contributed by atoms with Crippen LogP contribution in [0.2, 0.25) is 0 Å². The summed E-state index contributed by atoms with van der Waals surface area (Å²) in [5.41, 5.74) is 2.97. The Morgan fingerprint density at radius 1 is 1.55 bits per heavy atom. The maximum atomic E-state index is 11.3. The van der Waals surface area contributed by atoms with Crippen LogP contribution in [0.3, 0.4) is 0 Å². The number of likely N-dealkylation sites (N-methyl/N-ethyl adjacent to an activating group) is 1. The number of benzene rings is 1. The molecule has 2 atom stereocenters. The van der Waals surface area contributed by atoms with Gasteiger partial charge in [-0.2, -0.15) is 0 Å². The fourth-order valence-electron chi connectivity index (χ4n) is 3.84. The summed E-state index contributed by atoms with van der Waals surface area (Å²) in [5, 5.41) is 2.48. The molecule has 1 aromatic rings. The zero-order valence-corrected chi connectivity index (χ0v) is 12.4. The number of carbonyl (C=O) groups is 1. The van der Waals surface area contributed by atoms with Crippen LogP contribution in [0.4, 0.5) is 4.79 Å². The van der Waals surface area contributed by atoms with Crippen molar-refractivity contribution in [2.24, 2.45) is 0 Å². The molecule has 0 aromatic heterocycles. The fourth-order valence-corrected chi connectivity index (χ4v) is 3.84. The molecular formula is C16H22N2O2. The first-order valence-corrected chi connectivity index (χ1v) is 7.35. The quantitative estimate of drug-likeness (QED) is 0.900. The average molecular weight is 274 g/mol. The van der Waals surface area contributed by atoms with Crippen molar-refractivity contribution in [2.45, 2.75) is 38.1 Å². The molecule has 4 nitrogen and oxygen atoms in total. The number of hydrogen-bond acceptors (Lipinski definition) is 3. The zero-order valence-electron chi connectivity index (χ0n) is 12.4. The fraction of sp³-hybridized carbons (Fsp3) is 0.562. The summed E-state index contributed by atoms with van der Waals surface area (Å²) >= 11 is 0. The van der Waals surface area contributed by atoms with Crippen molar-refractivity contribution in [3.8, 4) is 5.75 Å². The van der Waals surface area contributed by atoms with E-state index < -0.39 is 6.09 Å². The van der Waals surface area contributed by atoms with Gasteiger partial charge in [-0.05, 0) is 49.2 Å². The first kappa shape index (κ1) is 13.4. The van der Waals surface area contributed by atoms with E-state index in [0.717, 1.165) is 19.5 Å². The Labute approximate surface area is 120 Å². The van der Waals surface area contributed by atoms with Crippen LogP contribution in [0.25, 0.3) is 0 Å². The van der Waals surface area contributed by atoms with Gasteiger partial charge in [0.25, 0.3) is 0 Å². The highest BCUT2D eigenvalue weighted by Gasteiger charge is 2.49. The molecule has 0 unspecified atom stereocenters. The van der Waals surface area contributed by atoms with E-state index in [-0.39, 0.29) is 5.41 Å². The number of amides is 1. The Hall–Kier alpha value is -1.55. The van der Waals surface area contributed by atoms with Gasteiger partial charge in [-0.15, -0.1) is 0 Å². The van der Waals surface area contributed by atoms with Crippen LogP contribution in [0, 0.1) is 0 Å². The van der Waals surface area contributed by atoms with Crippen LogP contribution in [0.5, 0.6) is 5.75 Å². The number of nitrogens with one attached hydrogen (secondary N) is 1. The van der Waals surface area contributed by atoms with Gasteiger partial charge in [0.2, 0.25) is 0 Å². The summed E-state index contributed by atoms with van der Waals surface area (Å²) < 4.78 is 5.27. The molecule has 1 N–H and O–H groups in total. The van der Waals surface area contributed by atoms with E-state index >= 15 is 0 Å². The van der Waals surface area contributed by atoms with E-state index in [1.54, 1.807) is 7.05 Å². The second-order valence-electron chi connectivity index (χ2n) is 5.97. The molecule has 2 aliphatic rings. The Bertz CT molecular complexity index is 543. The molecule has 1 saturated heterocycles. The number of carbonyl (C=O) groups excluding carboxylic acids is 1. The Balaban J connectivity index is 1.92. The monoisotopic (exact) mass is 274 g/mol. The molecule has 108 valence electrons. The second kappa shape index (κ2) is 4.77. The maximum absolute atomic E-state index is 11.3. The molecule has 1 fully saturated rings. The first-order valence-electron chi connectivity index (χ1n) is 7.35. The van der Waals surface area contributed by atoms with Crippen LogP contribution in [-0.2, 0) is 11.8 Å². The molecule has 1 amide bonds. The van der Waals surface area contributed by atoms with Crippen molar-refractivity contribution in [2.75, 3.05) is 20.1 Å². The van der Waals surface area contributed by atoms with E-state index in [1.165, 1.54) is 17.5 Å². The lowest BCUT2D eigenvalue weighted by Gasteiger charge is -2.29. The third-order valence-corrected chi connectivity index (χ3v) is 5.03. The summed E-state index contributed by atoms with van der Waals surface area (Å²) in [6.45, 7) is 6.85. The Morgan fingerprint density at radius 3 is 3.05 bits per heavy atom. The summed E-state index contributed by atoms with van der Waals surface area (Å²) in [7, 11) is 1.57. The average Bonchev–Trinajstić information content (AvgIpc) is 2.91. The molecular weight excluding hydrogens is 252 g/mol. The van der Waals surface area contributed by atoms with Crippen LogP contribution in [0.15, 0.2) is 18.2 Å². The molecule has 0 saturated carbocycles. The van der Waals surface area contributed by atoms with Gasteiger partial charge in [-0.25, -0.2) is 4.79 Å². The van der Waals surface area contributed by atoms with Crippen molar-refractivity contribution in [3.05, 3.63) is 29.3 Å². The van der Waals surface area contributed by atoms with Gasteiger partial charge in [0, 0.05) is 18.5 Å². The highest BCUT2D eigenvalue weighted by atomic mass is 16.5. The number of fused-ring (bicyclic) bond motifs is 3. The van der Waals surface area contributed by atoms with Crippen LogP contribution in [-0.4, -0.2) is 37.2 Å². The van der Waals surface area contributed by atoms with Gasteiger partial charge in [-0.1, -0.05) is 19.9 Å². The molecule has 0 spiro atoms. The molecule has 1 aromatic carbocycles. The zero-order chi connectivity index (χ0) is 14.3. The Kier molecular flexibility index (Phi) is 3.21. The van der Waals surface area contributed by atoms with Crippen LogP contribution < -0.4 is 10.1 Å². The third kappa shape index (κ3) is 1.90. The number of hydrogen-bond donors (Lipinski definition) is 1. The van der Waals surface area contributed by atoms with E-state index in [9.17, 15) is 4.79 Å². The highest BCUT2D eigenvalue weighted by Crippen LogP contribution is 2.48. The standard InChI is InChI=1S/C16H22N2O2/c1-4-18-8-7-16(2)13-10-12(20-15(19)17-3)6-5-11(13)9-14(16)18/h5-6,10,14H,4,7-9H2,1-3H3,(H,17,19)/t14-,16-/m1/s1. The SMILES string of the molecule is CCN1CC[C@]2(C)c3cc(OC(=O)NC)ccc3C[C@@H]12. The topological polar surface area (TPSA) is 41.6 Å². The molecule has 1 heterocycles. The number of nitrogens with zero attached hydrogens (tertiary/aromatic N) is 1. The van der Waals surface area contributed by atoms with Crippen molar-refractivity contribution in [3.63, 3.8) is 0 Å². The van der Waals surface area contributed by atoms with Crippen molar-refractivity contribution in [1.82, 2.24) is 10.2 Å². The van der Waals surface area contributed by atoms with Gasteiger partial charge >= 0.3 is 6.09 Å². The second-order valence-corrected chi connectivity index (χ2v) is 5.97. The smallest absolute Gasteiger partial charge is 0.410 e. The minimum atomic E-state index is -0.411. The molecule has 20 heavy (non-hydrogen) atoms. The predicted molar refractivity (Wildman–Crippen MR) is 78.2 cm³/mol. The summed E-state index contributed by atoms with van der Waals surface area (Å²) in [6, 6.07) is 6.67. The molecule has 0 bridgehead atoms. The normalized spacial score (nSPS) is 28.1. The minimum absolute atomic E-state index is 0.202. The van der Waals surface area contributed by atoms with Crippen molar-refractivity contribution in [1.29, 1.82) is 0 Å². The van der Waals surface area contributed by atoms with E-state index in [4.69, 9.17) is 4.74 Å². The summed E-state index contributed by atoms with van der Waals surface area (Å²) in [5.74, 6) is 0.639. The van der Waals surface area contributed by atoms with E-state index in [2.05, 4.69) is 36.2 Å². The molecule has 1 aliphatic heterocycles. The van der Waals surface area contributed by atoms with Crippen molar-refractivity contribution < 1.29 is 9.53 Å². The van der Waals surface area contributed by atoms with Crippen LogP contribution in [0.1, 0.15) is 31.4 Å². The minimum Gasteiger partial charge on any atom is -0.410 e. The molecule has 1 aliphatic carbocycles. The van der Waals surface area contributed by atoms with Gasteiger partial charge in [0.05, 0.1) is 0 Å². The van der Waals surface area contributed by atoms with Gasteiger partial charge in [-0.3, -0.25) is 4.90 Å². The third-order valence-electron chi connectivity index (χ3n) is 5.03. The van der Waals surface area contributed by atoms with Gasteiger partial charge in [0.15, 0.2) is 0 Å². The van der Waals surface area contributed by atoms with Gasteiger partial charge < -0.3 is 10.1 Å². The van der Waals surface area contributed by atoms with Gasteiger partial charge in [0.1, 0.15) is 5.75 Å². The predicted octanol–water partition coefficient (Wildman–Crippen LogP) is 2.31. The van der Waals surface area contributed by atoms with E-state index in [1.807, 2.05) is 6.07 Å². The highest BCUT2D eigenvalue weighted by molar-refractivity contribution is 5.70. The molecule has 4 heteroatoms. The number of likely N-dealkylation sites (tertiary alicyclic amines) is 1. The van der Waals surface area contributed by atoms with Crippen LogP contribution >= 0.6 is 0 Å². The molecule has 3 rings (SSSR count). The first-order chi connectivity index (χ1) is 9.58.